The monoisotopic (exact) mass is 251 g/mol. The highest BCUT2D eigenvalue weighted by molar-refractivity contribution is 6.32. The van der Waals surface area contributed by atoms with Crippen molar-refractivity contribution in [3.8, 4) is 0 Å². The maximum Gasteiger partial charge on any atom is 0.153 e. The van der Waals surface area contributed by atoms with E-state index in [-0.39, 0.29) is 0 Å². The lowest BCUT2D eigenvalue weighted by Gasteiger charge is -2.20. The first-order valence-corrected chi connectivity index (χ1v) is 6.38. The Balaban J connectivity index is 2.10. The molecule has 0 atom stereocenters. The maximum absolute atomic E-state index is 6.19. The van der Waals surface area contributed by atoms with Crippen LogP contribution in [0, 0.1) is 0 Å². The molecule has 0 radical (unpaired) electrons. The molecule has 92 valence electrons. The van der Waals surface area contributed by atoms with Crippen LogP contribution in [0.3, 0.4) is 0 Å². The Hall–Kier alpha value is -1.06. The van der Waals surface area contributed by atoms with Gasteiger partial charge in [0.2, 0.25) is 0 Å². The van der Waals surface area contributed by atoms with Gasteiger partial charge in [-0.05, 0) is 31.2 Å². The highest BCUT2D eigenvalue weighted by Gasteiger charge is 2.21. The molecule has 1 aliphatic heterocycles. The SMILES string of the molecule is C=Cc1ccc(N2CCN(CCC)C2)c(Cl)n1. The minimum atomic E-state index is 0.570. The van der Waals surface area contributed by atoms with E-state index in [1.165, 1.54) is 6.42 Å². The van der Waals surface area contributed by atoms with Crippen molar-refractivity contribution in [3.05, 3.63) is 29.6 Å². The third kappa shape index (κ3) is 2.79. The molecule has 0 saturated carbocycles. The number of halogens is 1. The number of hydrogen-bond donors (Lipinski definition) is 0. The summed E-state index contributed by atoms with van der Waals surface area (Å²) in [5.74, 6) is 0. The van der Waals surface area contributed by atoms with E-state index in [4.69, 9.17) is 11.6 Å². The molecular formula is C13H18ClN3. The molecule has 0 N–H and O–H groups in total. The summed E-state index contributed by atoms with van der Waals surface area (Å²) < 4.78 is 0. The average Bonchev–Trinajstić information content (AvgIpc) is 2.78. The number of pyridine rings is 1. The zero-order valence-corrected chi connectivity index (χ0v) is 11.0. The first-order valence-electron chi connectivity index (χ1n) is 6.01. The topological polar surface area (TPSA) is 19.4 Å². The first kappa shape index (κ1) is 12.4. The lowest BCUT2D eigenvalue weighted by atomic mass is 10.3. The predicted molar refractivity (Wildman–Crippen MR) is 73.4 cm³/mol. The molecule has 0 unspecified atom stereocenters. The van der Waals surface area contributed by atoms with Crippen molar-refractivity contribution in [2.75, 3.05) is 31.2 Å². The van der Waals surface area contributed by atoms with Gasteiger partial charge in [0.25, 0.3) is 0 Å². The number of anilines is 1. The van der Waals surface area contributed by atoms with Crippen molar-refractivity contribution in [2.45, 2.75) is 13.3 Å². The molecule has 2 heterocycles. The molecule has 0 spiro atoms. The second-order valence-electron chi connectivity index (χ2n) is 4.27. The van der Waals surface area contributed by atoms with Crippen molar-refractivity contribution in [2.24, 2.45) is 0 Å². The standard InChI is InChI=1S/C13H18ClN3/c1-3-7-16-8-9-17(10-16)12-6-5-11(4-2)15-13(12)14/h4-6H,2-3,7-10H2,1H3. The van der Waals surface area contributed by atoms with Crippen LogP contribution in [0.4, 0.5) is 5.69 Å². The predicted octanol–water partition coefficient (Wildman–Crippen LogP) is 2.87. The van der Waals surface area contributed by atoms with Crippen LogP contribution in [0.2, 0.25) is 5.15 Å². The maximum atomic E-state index is 6.19. The fourth-order valence-corrected chi connectivity index (χ4v) is 2.41. The molecule has 1 aromatic rings. The molecule has 0 amide bonds. The molecule has 1 aromatic heterocycles. The zero-order chi connectivity index (χ0) is 12.3. The summed E-state index contributed by atoms with van der Waals surface area (Å²) in [4.78, 5) is 9.00. The minimum Gasteiger partial charge on any atom is -0.355 e. The quantitative estimate of drug-likeness (QED) is 0.767. The molecule has 1 aliphatic rings. The molecule has 0 aromatic carbocycles. The molecule has 3 nitrogen and oxygen atoms in total. The van der Waals surface area contributed by atoms with Gasteiger partial charge in [-0.15, -0.1) is 0 Å². The van der Waals surface area contributed by atoms with Crippen LogP contribution < -0.4 is 4.90 Å². The van der Waals surface area contributed by atoms with E-state index in [2.05, 4.69) is 28.3 Å². The van der Waals surface area contributed by atoms with Gasteiger partial charge in [0.1, 0.15) is 0 Å². The van der Waals surface area contributed by atoms with Crippen LogP contribution >= 0.6 is 11.6 Å². The molecule has 0 bridgehead atoms. The lowest BCUT2D eigenvalue weighted by Crippen LogP contribution is -2.26. The van der Waals surface area contributed by atoms with Crippen LogP contribution in [-0.2, 0) is 0 Å². The number of aromatic nitrogens is 1. The molecular weight excluding hydrogens is 234 g/mol. The van der Waals surface area contributed by atoms with Crippen LogP contribution in [0.25, 0.3) is 6.08 Å². The summed E-state index contributed by atoms with van der Waals surface area (Å²) in [7, 11) is 0. The van der Waals surface area contributed by atoms with Crippen molar-refractivity contribution in [3.63, 3.8) is 0 Å². The molecule has 17 heavy (non-hydrogen) atoms. The molecule has 2 rings (SSSR count). The minimum absolute atomic E-state index is 0.570. The van der Waals surface area contributed by atoms with Gasteiger partial charge in [-0.25, -0.2) is 4.98 Å². The second kappa shape index (κ2) is 5.52. The summed E-state index contributed by atoms with van der Waals surface area (Å²) in [6, 6.07) is 3.98. The van der Waals surface area contributed by atoms with E-state index < -0.39 is 0 Å². The van der Waals surface area contributed by atoms with Crippen molar-refractivity contribution < 1.29 is 0 Å². The van der Waals surface area contributed by atoms with E-state index in [0.717, 1.165) is 37.7 Å². The van der Waals surface area contributed by atoms with E-state index in [1.807, 2.05) is 12.1 Å². The van der Waals surface area contributed by atoms with Crippen LogP contribution in [0.15, 0.2) is 18.7 Å². The van der Waals surface area contributed by atoms with Gasteiger partial charge in [0.15, 0.2) is 5.15 Å². The number of nitrogens with zero attached hydrogens (tertiary/aromatic N) is 3. The van der Waals surface area contributed by atoms with Gasteiger partial charge >= 0.3 is 0 Å². The zero-order valence-electron chi connectivity index (χ0n) is 10.2. The van der Waals surface area contributed by atoms with Gasteiger partial charge in [-0.1, -0.05) is 25.1 Å². The summed E-state index contributed by atoms with van der Waals surface area (Å²) in [6.07, 6.45) is 2.90. The third-order valence-corrected chi connectivity index (χ3v) is 3.28. The first-order chi connectivity index (χ1) is 8.24. The Morgan fingerprint density at radius 2 is 2.29 bits per heavy atom. The molecule has 1 fully saturated rings. The largest absolute Gasteiger partial charge is 0.355 e. The third-order valence-electron chi connectivity index (χ3n) is 3.00. The van der Waals surface area contributed by atoms with Crippen molar-refractivity contribution in [1.82, 2.24) is 9.88 Å². The smallest absolute Gasteiger partial charge is 0.153 e. The molecule has 1 saturated heterocycles. The average molecular weight is 252 g/mol. The fourth-order valence-electron chi connectivity index (χ4n) is 2.13. The second-order valence-corrected chi connectivity index (χ2v) is 4.63. The Labute approximate surface area is 108 Å². The summed E-state index contributed by atoms with van der Waals surface area (Å²) >= 11 is 6.19. The van der Waals surface area contributed by atoms with E-state index >= 15 is 0 Å². The van der Waals surface area contributed by atoms with Crippen LogP contribution in [0.5, 0.6) is 0 Å². The highest BCUT2D eigenvalue weighted by atomic mass is 35.5. The number of hydrogen-bond acceptors (Lipinski definition) is 3. The van der Waals surface area contributed by atoms with Crippen molar-refractivity contribution in [1.29, 1.82) is 0 Å². The Morgan fingerprint density at radius 3 is 2.94 bits per heavy atom. The van der Waals surface area contributed by atoms with Gasteiger partial charge in [-0.2, -0.15) is 0 Å². The van der Waals surface area contributed by atoms with Gasteiger partial charge in [0.05, 0.1) is 18.1 Å². The Kier molecular flexibility index (Phi) is 4.02. The van der Waals surface area contributed by atoms with Crippen molar-refractivity contribution >= 4 is 23.4 Å². The number of rotatable bonds is 4. The van der Waals surface area contributed by atoms with Crippen LogP contribution in [-0.4, -0.2) is 36.2 Å². The highest BCUT2D eigenvalue weighted by Crippen LogP contribution is 2.26. The normalized spacial score (nSPS) is 16.5. The molecule has 0 aliphatic carbocycles. The van der Waals surface area contributed by atoms with Crippen LogP contribution in [0.1, 0.15) is 19.0 Å². The Morgan fingerprint density at radius 1 is 1.47 bits per heavy atom. The van der Waals surface area contributed by atoms with Gasteiger partial charge in [0, 0.05) is 13.1 Å². The summed E-state index contributed by atoms with van der Waals surface area (Å²) in [5.41, 5.74) is 1.85. The van der Waals surface area contributed by atoms with E-state index in [9.17, 15) is 0 Å². The summed E-state index contributed by atoms with van der Waals surface area (Å²) in [6.45, 7) is 10.1. The van der Waals surface area contributed by atoms with E-state index in [1.54, 1.807) is 6.08 Å². The fraction of sp³-hybridized carbons (Fsp3) is 0.462. The van der Waals surface area contributed by atoms with E-state index in [0.29, 0.717) is 5.15 Å². The Bertz CT molecular complexity index is 406. The summed E-state index contributed by atoms with van der Waals surface area (Å²) in [5, 5.41) is 0.570. The lowest BCUT2D eigenvalue weighted by molar-refractivity contribution is 0.342. The molecule has 4 heteroatoms. The van der Waals surface area contributed by atoms with Gasteiger partial charge in [-0.3, -0.25) is 4.90 Å². The van der Waals surface area contributed by atoms with Gasteiger partial charge < -0.3 is 4.90 Å².